The molecule has 0 atom stereocenters. The molecule has 0 aromatic heterocycles. The second-order valence-electron chi connectivity index (χ2n) is 4.64. The minimum atomic E-state index is -0.293. The normalized spacial score (nSPS) is 10.0. The quantitative estimate of drug-likeness (QED) is 0.754. The van der Waals surface area contributed by atoms with Crippen LogP contribution in [-0.4, -0.2) is 25.8 Å². The summed E-state index contributed by atoms with van der Waals surface area (Å²) in [5, 5.41) is 6.12. The van der Waals surface area contributed by atoms with Crippen molar-refractivity contribution in [1.82, 2.24) is 5.32 Å². The van der Waals surface area contributed by atoms with Gasteiger partial charge in [-0.25, -0.2) is 4.79 Å². The number of carbonyl (C=O) groups excluding carboxylic acids is 1. The molecule has 2 rings (SSSR count). The molecule has 0 spiro atoms. The third-order valence-electron chi connectivity index (χ3n) is 2.87. The van der Waals surface area contributed by atoms with Crippen LogP contribution in [0, 0.1) is 0 Å². The molecule has 0 saturated heterocycles. The number of nitrogens with one attached hydrogen (secondary N) is 2. The molecule has 0 fully saturated rings. The summed E-state index contributed by atoms with van der Waals surface area (Å²) < 4.78 is 10.9. The topological polar surface area (TPSA) is 59.6 Å². The summed E-state index contributed by atoms with van der Waals surface area (Å²) in [5.41, 5.74) is 0.673. The van der Waals surface area contributed by atoms with Crippen LogP contribution < -0.4 is 20.1 Å². The van der Waals surface area contributed by atoms with Crippen LogP contribution in [0.2, 0.25) is 5.02 Å². The lowest BCUT2D eigenvalue weighted by Gasteiger charge is -2.10. The fourth-order valence-electron chi connectivity index (χ4n) is 1.87. The van der Waals surface area contributed by atoms with Gasteiger partial charge < -0.3 is 20.1 Å². The molecule has 0 aliphatic heterocycles. The smallest absolute Gasteiger partial charge is 0.319 e. The number of benzene rings is 2. The van der Waals surface area contributed by atoms with Crippen molar-refractivity contribution in [3.05, 3.63) is 53.6 Å². The maximum atomic E-state index is 11.8. The van der Waals surface area contributed by atoms with Crippen molar-refractivity contribution in [3.8, 4) is 11.5 Å². The zero-order valence-corrected chi connectivity index (χ0v) is 13.6. The highest BCUT2D eigenvalue weighted by Gasteiger charge is 2.02. The molecule has 2 amide bonds. The number of urea groups is 1. The van der Waals surface area contributed by atoms with Gasteiger partial charge >= 0.3 is 6.03 Å². The highest BCUT2D eigenvalue weighted by atomic mass is 35.5. The van der Waals surface area contributed by atoms with Crippen LogP contribution >= 0.6 is 11.6 Å². The molecule has 2 aromatic carbocycles. The summed E-state index contributed by atoms with van der Waals surface area (Å²) in [6.45, 7) is 3.25. The first-order valence-corrected chi connectivity index (χ1v) is 7.71. The molecule has 0 radical (unpaired) electrons. The summed E-state index contributed by atoms with van der Waals surface area (Å²) in [5.74, 6) is 1.43. The van der Waals surface area contributed by atoms with Crippen molar-refractivity contribution in [1.29, 1.82) is 0 Å². The molecule has 2 aromatic rings. The van der Waals surface area contributed by atoms with Gasteiger partial charge in [-0.05, 0) is 43.3 Å². The minimum absolute atomic E-state index is 0.293. The third-order valence-corrected chi connectivity index (χ3v) is 3.12. The Kier molecular flexibility index (Phi) is 6.56. The molecule has 122 valence electrons. The fourth-order valence-corrected chi connectivity index (χ4v) is 2.00. The number of ether oxygens (including phenoxy) is 2. The number of hydrogen-bond donors (Lipinski definition) is 2. The predicted molar refractivity (Wildman–Crippen MR) is 91.6 cm³/mol. The first-order chi connectivity index (χ1) is 11.2. The standard InChI is InChI=1S/C17H19ClN2O3/c1-2-22-16-5-3-4-14(12-16)20-17(21)19-10-11-23-15-8-6-13(18)7-9-15/h3-9,12H,2,10-11H2,1H3,(H2,19,20,21). The number of anilines is 1. The van der Waals surface area contributed by atoms with Gasteiger partial charge in [0, 0.05) is 16.8 Å². The molecule has 0 unspecified atom stereocenters. The summed E-state index contributed by atoms with van der Waals surface area (Å²) in [6.07, 6.45) is 0. The van der Waals surface area contributed by atoms with Crippen LogP contribution in [-0.2, 0) is 0 Å². The van der Waals surface area contributed by atoms with Crippen LogP contribution in [0.1, 0.15) is 6.92 Å². The van der Waals surface area contributed by atoms with E-state index in [1.807, 2.05) is 19.1 Å². The maximum Gasteiger partial charge on any atom is 0.319 e. The highest BCUT2D eigenvalue weighted by Crippen LogP contribution is 2.17. The zero-order valence-electron chi connectivity index (χ0n) is 12.8. The Morgan fingerprint density at radius 3 is 2.61 bits per heavy atom. The van der Waals surface area contributed by atoms with Crippen molar-refractivity contribution >= 4 is 23.3 Å². The van der Waals surface area contributed by atoms with Gasteiger partial charge in [0.2, 0.25) is 0 Å². The first kappa shape index (κ1) is 17.0. The van der Waals surface area contributed by atoms with Crippen LogP contribution in [0.3, 0.4) is 0 Å². The zero-order chi connectivity index (χ0) is 16.5. The molecule has 6 heteroatoms. The molecule has 2 N–H and O–H groups in total. The van der Waals surface area contributed by atoms with E-state index in [2.05, 4.69) is 10.6 Å². The largest absolute Gasteiger partial charge is 0.494 e. The summed E-state index contributed by atoms with van der Waals surface area (Å²) in [4.78, 5) is 11.8. The lowest BCUT2D eigenvalue weighted by molar-refractivity contribution is 0.247. The Morgan fingerprint density at radius 2 is 1.87 bits per heavy atom. The number of hydrogen-bond acceptors (Lipinski definition) is 3. The van der Waals surface area contributed by atoms with Gasteiger partial charge in [-0.3, -0.25) is 0 Å². The maximum absolute atomic E-state index is 11.8. The van der Waals surface area contributed by atoms with Crippen molar-refractivity contribution in [2.24, 2.45) is 0 Å². The van der Waals surface area contributed by atoms with Crippen molar-refractivity contribution in [2.75, 3.05) is 25.1 Å². The SMILES string of the molecule is CCOc1cccc(NC(=O)NCCOc2ccc(Cl)cc2)c1. The fraction of sp³-hybridized carbons (Fsp3) is 0.235. The molecule has 0 saturated carbocycles. The van der Waals surface area contributed by atoms with Crippen LogP contribution in [0.5, 0.6) is 11.5 Å². The molecule has 23 heavy (non-hydrogen) atoms. The molecular formula is C17H19ClN2O3. The summed E-state index contributed by atoms with van der Waals surface area (Å²) >= 11 is 5.79. The Morgan fingerprint density at radius 1 is 1.09 bits per heavy atom. The molecule has 0 bridgehead atoms. The molecule has 0 aliphatic carbocycles. The van der Waals surface area contributed by atoms with E-state index in [9.17, 15) is 4.79 Å². The average Bonchev–Trinajstić information content (AvgIpc) is 2.54. The molecule has 5 nitrogen and oxygen atoms in total. The molecule has 0 aliphatic rings. The molecule has 0 heterocycles. The van der Waals surface area contributed by atoms with E-state index in [0.717, 1.165) is 5.75 Å². The van der Waals surface area contributed by atoms with E-state index in [1.165, 1.54) is 0 Å². The van der Waals surface area contributed by atoms with Crippen LogP contribution in [0.25, 0.3) is 0 Å². The number of carbonyl (C=O) groups is 1. The van der Waals surface area contributed by atoms with Crippen LogP contribution in [0.4, 0.5) is 10.5 Å². The Bertz CT molecular complexity index is 632. The van der Waals surface area contributed by atoms with Crippen LogP contribution in [0.15, 0.2) is 48.5 Å². The third kappa shape index (κ3) is 6.08. The predicted octanol–water partition coefficient (Wildman–Crippen LogP) is 3.94. The second kappa shape index (κ2) is 8.90. The summed E-state index contributed by atoms with van der Waals surface area (Å²) in [7, 11) is 0. The van der Waals surface area contributed by atoms with Gasteiger partial charge in [0.15, 0.2) is 0 Å². The summed E-state index contributed by atoms with van der Waals surface area (Å²) in [6, 6.07) is 14.0. The van der Waals surface area contributed by atoms with Crippen molar-refractivity contribution in [3.63, 3.8) is 0 Å². The van der Waals surface area contributed by atoms with Crippen molar-refractivity contribution < 1.29 is 14.3 Å². The van der Waals surface area contributed by atoms with Gasteiger partial charge in [0.05, 0.1) is 13.2 Å². The van der Waals surface area contributed by atoms with E-state index >= 15 is 0 Å². The van der Waals surface area contributed by atoms with Gasteiger partial charge in [0.1, 0.15) is 18.1 Å². The van der Waals surface area contributed by atoms with E-state index in [4.69, 9.17) is 21.1 Å². The first-order valence-electron chi connectivity index (χ1n) is 7.33. The number of rotatable bonds is 7. The number of amides is 2. The van der Waals surface area contributed by atoms with Crippen molar-refractivity contribution in [2.45, 2.75) is 6.92 Å². The Balaban J connectivity index is 1.70. The van der Waals surface area contributed by atoms with Gasteiger partial charge in [-0.2, -0.15) is 0 Å². The number of halogens is 1. The lowest BCUT2D eigenvalue weighted by Crippen LogP contribution is -2.32. The van der Waals surface area contributed by atoms with Gasteiger partial charge in [0.25, 0.3) is 0 Å². The van der Waals surface area contributed by atoms with Gasteiger partial charge in [-0.15, -0.1) is 0 Å². The second-order valence-corrected chi connectivity index (χ2v) is 5.08. The lowest BCUT2D eigenvalue weighted by atomic mass is 10.3. The average molecular weight is 335 g/mol. The van der Waals surface area contributed by atoms with E-state index in [1.54, 1.807) is 36.4 Å². The Labute approximate surface area is 140 Å². The highest BCUT2D eigenvalue weighted by molar-refractivity contribution is 6.30. The minimum Gasteiger partial charge on any atom is -0.494 e. The van der Waals surface area contributed by atoms with Gasteiger partial charge in [-0.1, -0.05) is 17.7 Å². The van der Waals surface area contributed by atoms with E-state index in [0.29, 0.717) is 36.2 Å². The molecular weight excluding hydrogens is 316 g/mol. The van der Waals surface area contributed by atoms with E-state index < -0.39 is 0 Å². The monoisotopic (exact) mass is 334 g/mol. The Hall–Kier alpha value is -2.40. The van der Waals surface area contributed by atoms with E-state index in [-0.39, 0.29) is 6.03 Å².